The molecule has 0 unspecified atom stereocenters. The molecular formula is C14H25N3O3. The van der Waals surface area contributed by atoms with E-state index in [0.717, 1.165) is 32.5 Å². The van der Waals surface area contributed by atoms with Crippen LogP contribution in [0.4, 0.5) is 0 Å². The number of aliphatic hydroxyl groups excluding tert-OH is 1. The molecule has 2 heterocycles. The second-order valence-electron chi connectivity index (χ2n) is 5.85. The molecule has 0 saturated carbocycles. The van der Waals surface area contributed by atoms with Gasteiger partial charge in [0.1, 0.15) is 0 Å². The van der Waals surface area contributed by atoms with Gasteiger partial charge in [-0.1, -0.05) is 0 Å². The average Bonchev–Trinajstić information content (AvgIpc) is 2.61. The quantitative estimate of drug-likeness (QED) is 0.706. The lowest BCUT2D eigenvalue weighted by molar-refractivity contribution is -0.131. The first-order chi connectivity index (χ1) is 9.47. The minimum Gasteiger partial charge on any atom is -0.390 e. The Labute approximate surface area is 120 Å². The number of carbonyl (C=O) groups excluding carboxylic acids is 2. The average molecular weight is 283 g/mol. The summed E-state index contributed by atoms with van der Waals surface area (Å²) in [5.74, 6) is 0.166. The molecule has 1 atom stereocenters. The summed E-state index contributed by atoms with van der Waals surface area (Å²) in [4.78, 5) is 28.7. The number of carbonyl (C=O) groups is 2. The van der Waals surface area contributed by atoms with Crippen LogP contribution in [0.3, 0.4) is 0 Å². The first-order valence-electron chi connectivity index (χ1n) is 7.40. The second kappa shape index (κ2) is 6.54. The highest BCUT2D eigenvalue weighted by Crippen LogP contribution is 2.18. The molecule has 1 N–H and O–H groups in total. The molecule has 0 aromatic carbocycles. The van der Waals surface area contributed by atoms with Gasteiger partial charge in [-0.15, -0.1) is 0 Å². The zero-order chi connectivity index (χ0) is 14.7. The van der Waals surface area contributed by atoms with Crippen LogP contribution in [-0.4, -0.2) is 83.0 Å². The molecule has 0 radical (unpaired) electrons. The lowest BCUT2D eigenvalue weighted by Crippen LogP contribution is -2.48. The van der Waals surface area contributed by atoms with Crippen molar-refractivity contribution in [2.45, 2.75) is 38.8 Å². The fourth-order valence-electron chi connectivity index (χ4n) is 3.18. The van der Waals surface area contributed by atoms with E-state index in [-0.39, 0.29) is 11.8 Å². The molecule has 2 rings (SSSR count). The molecule has 20 heavy (non-hydrogen) atoms. The van der Waals surface area contributed by atoms with E-state index in [2.05, 4.69) is 4.90 Å². The van der Waals surface area contributed by atoms with Crippen LogP contribution < -0.4 is 0 Å². The van der Waals surface area contributed by atoms with Crippen molar-refractivity contribution in [3.05, 3.63) is 0 Å². The van der Waals surface area contributed by atoms with Gasteiger partial charge >= 0.3 is 0 Å². The van der Waals surface area contributed by atoms with Crippen LogP contribution in [0, 0.1) is 0 Å². The van der Waals surface area contributed by atoms with Gasteiger partial charge < -0.3 is 14.9 Å². The zero-order valence-electron chi connectivity index (χ0n) is 12.4. The van der Waals surface area contributed by atoms with Crippen molar-refractivity contribution < 1.29 is 14.7 Å². The molecule has 2 amide bonds. The Hall–Kier alpha value is -1.14. The summed E-state index contributed by atoms with van der Waals surface area (Å²) in [5, 5.41) is 10.0. The van der Waals surface area contributed by atoms with Crippen LogP contribution >= 0.6 is 0 Å². The third kappa shape index (κ3) is 3.70. The summed E-state index contributed by atoms with van der Waals surface area (Å²) in [6.07, 6.45) is 1.42. The van der Waals surface area contributed by atoms with Crippen LogP contribution in [0.1, 0.15) is 26.7 Å². The minimum absolute atomic E-state index is 0.0253. The fraction of sp³-hybridized carbons (Fsp3) is 0.857. The zero-order valence-corrected chi connectivity index (χ0v) is 12.4. The Bertz CT molecular complexity index is 367. The Morgan fingerprint density at radius 2 is 1.50 bits per heavy atom. The number of hydrogen-bond donors (Lipinski definition) is 1. The number of amides is 2. The molecule has 0 bridgehead atoms. The van der Waals surface area contributed by atoms with Gasteiger partial charge in [0, 0.05) is 59.2 Å². The summed E-state index contributed by atoms with van der Waals surface area (Å²) in [7, 11) is 0. The van der Waals surface area contributed by atoms with Crippen LogP contribution in [0.15, 0.2) is 0 Å². The van der Waals surface area contributed by atoms with E-state index < -0.39 is 6.10 Å². The topological polar surface area (TPSA) is 64.1 Å². The summed E-state index contributed by atoms with van der Waals surface area (Å²) in [6.45, 7) is 7.29. The van der Waals surface area contributed by atoms with Crippen LogP contribution in [0.25, 0.3) is 0 Å². The minimum atomic E-state index is -0.479. The number of piperidine rings is 1. The van der Waals surface area contributed by atoms with Gasteiger partial charge in [0.25, 0.3) is 0 Å². The van der Waals surface area contributed by atoms with Crippen LogP contribution in [0.2, 0.25) is 0 Å². The van der Waals surface area contributed by atoms with Crippen molar-refractivity contribution >= 4 is 11.8 Å². The predicted octanol–water partition coefficient (Wildman–Crippen LogP) is -0.478. The van der Waals surface area contributed by atoms with Crippen LogP contribution in [0.5, 0.6) is 0 Å². The number of β-amino-alcohol motifs (C(OH)–C–C–N with tert-alkyl or cyclic N) is 1. The number of rotatable bonds is 1. The third-order valence-corrected chi connectivity index (χ3v) is 4.41. The van der Waals surface area contributed by atoms with Gasteiger partial charge in [0.05, 0.1) is 6.10 Å². The molecular weight excluding hydrogens is 258 g/mol. The lowest BCUT2D eigenvalue weighted by atomic mass is 10.0. The SMILES string of the molecule is CC(=O)N1CCC(N2CCN(C(C)=O)C[C@H](O)C2)CC1. The highest BCUT2D eigenvalue weighted by molar-refractivity contribution is 5.73. The Balaban J connectivity index is 1.90. The largest absolute Gasteiger partial charge is 0.390 e. The first kappa shape index (κ1) is 15.3. The Morgan fingerprint density at radius 1 is 0.900 bits per heavy atom. The number of nitrogens with zero attached hydrogens (tertiary/aromatic N) is 3. The van der Waals surface area contributed by atoms with Gasteiger partial charge in [-0.25, -0.2) is 0 Å². The lowest BCUT2D eigenvalue weighted by Gasteiger charge is -2.38. The molecule has 2 fully saturated rings. The summed E-state index contributed by atoms with van der Waals surface area (Å²) in [6, 6.07) is 0.409. The molecule has 114 valence electrons. The highest BCUT2D eigenvalue weighted by atomic mass is 16.3. The van der Waals surface area contributed by atoms with E-state index in [4.69, 9.17) is 0 Å². The van der Waals surface area contributed by atoms with Crippen molar-refractivity contribution in [1.82, 2.24) is 14.7 Å². The number of hydrogen-bond acceptors (Lipinski definition) is 4. The maximum atomic E-state index is 11.5. The molecule has 6 nitrogen and oxygen atoms in total. The van der Waals surface area contributed by atoms with E-state index >= 15 is 0 Å². The van der Waals surface area contributed by atoms with Crippen molar-refractivity contribution in [3.63, 3.8) is 0 Å². The second-order valence-corrected chi connectivity index (χ2v) is 5.85. The first-order valence-corrected chi connectivity index (χ1v) is 7.40. The van der Waals surface area contributed by atoms with Crippen molar-refractivity contribution in [2.75, 3.05) is 39.3 Å². The standard InChI is InChI=1S/C14H25N3O3/c1-11(18)15-5-3-13(4-6-15)17-8-7-16(12(2)19)9-14(20)10-17/h13-14,20H,3-10H2,1-2H3/t14-/m0/s1. The van der Waals surface area contributed by atoms with Crippen molar-refractivity contribution in [2.24, 2.45) is 0 Å². The summed E-state index contributed by atoms with van der Waals surface area (Å²) < 4.78 is 0. The van der Waals surface area contributed by atoms with Gasteiger partial charge in [0.2, 0.25) is 11.8 Å². The van der Waals surface area contributed by atoms with E-state index in [1.54, 1.807) is 18.7 Å². The smallest absolute Gasteiger partial charge is 0.219 e. The monoisotopic (exact) mass is 283 g/mol. The van der Waals surface area contributed by atoms with Gasteiger partial charge in [-0.3, -0.25) is 14.5 Å². The van der Waals surface area contributed by atoms with Gasteiger partial charge in [-0.05, 0) is 12.8 Å². The Kier molecular flexibility index (Phi) is 4.99. The molecule has 2 saturated heterocycles. The number of likely N-dealkylation sites (tertiary alicyclic amines) is 1. The maximum Gasteiger partial charge on any atom is 0.219 e. The van der Waals surface area contributed by atoms with E-state index in [1.807, 2.05) is 4.90 Å². The number of aliphatic hydroxyl groups is 1. The fourth-order valence-corrected chi connectivity index (χ4v) is 3.18. The molecule has 0 aromatic heterocycles. The molecule has 2 aliphatic heterocycles. The third-order valence-electron chi connectivity index (χ3n) is 4.41. The predicted molar refractivity (Wildman–Crippen MR) is 75.1 cm³/mol. The molecule has 2 aliphatic rings. The molecule has 0 aromatic rings. The van der Waals surface area contributed by atoms with E-state index in [1.165, 1.54) is 0 Å². The maximum absolute atomic E-state index is 11.5. The molecule has 0 aliphatic carbocycles. The van der Waals surface area contributed by atoms with E-state index in [0.29, 0.717) is 25.7 Å². The van der Waals surface area contributed by atoms with E-state index in [9.17, 15) is 14.7 Å². The van der Waals surface area contributed by atoms with Crippen LogP contribution in [-0.2, 0) is 9.59 Å². The van der Waals surface area contributed by atoms with Crippen molar-refractivity contribution in [1.29, 1.82) is 0 Å². The summed E-state index contributed by atoms with van der Waals surface area (Å²) in [5.41, 5.74) is 0. The Morgan fingerprint density at radius 3 is 2.05 bits per heavy atom. The van der Waals surface area contributed by atoms with Gasteiger partial charge in [-0.2, -0.15) is 0 Å². The molecule has 6 heteroatoms. The summed E-state index contributed by atoms with van der Waals surface area (Å²) >= 11 is 0. The highest BCUT2D eigenvalue weighted by Gasteiger charge is 2.30. The van der Waals surface area contributed by atoms with Crippen molar-refractivity contribution in [3.8, 4) is 0 Å². The molecule has 0 spiro atoms. The normalized spacial score (nSPS) is 26.4. The van der Waals surface area contributed by atoms with Gasteiger partial charge in [0.15, 0.2) is 0 Å².